The number of piperidine rings is 1. The largest absolute Gasteiger partial charge is 0.449 e. The van der Waals surface area contributed by atoms with Gasteiger partial charge < -0.3 is 9.64 Å². The molecule has 1 amide bonds. The van der Waals surface area contributed by atoms with Crippen LogP contribution in [0.1, 0.15) is 51.9 Å². The molecule has 3 nitrogen and oxygen atoms in total. The molecule has 0 atom stereocenters. The highest BCUT2D eigenvalue weighted by atomic mass is 16.6. The second-order valence-corrected chi connectivity index (χ2v) is 4.22. The smallest absolute Gasteiger partial charge is 0.409 e. The fraction of sp³-hybridized carbons (Fsp3) is 0.917. The van der Waals surface area contributed by atoms with Gasteiger partial charge in [0.05, 0.1) is 6.61 Å². The molecule has 0 bridgehead atoms. The van der Waals surface area contributed by atoms with Crippen LogP contribution in [0.2, 0.25) is 0 Å². The van der Waals surface area contributed by atoms with Gasteiger partial charge in [-0.1, -0.05) is 26.2 Å². The first-order valence-corrected chi connectivity index (χ1v) is 6.26. The molecule has 15 heavy (non-hydrogen) atoms. The zero-order valence-corrected chi connectivity index (χ0v) is 9.83. The van der Waals surface area contributed by atoms with E-state index >= 15 is 0 Å². The maximum absolute atomic E-state index is 11.5. The molecule has 0 aromatic rings. The topological polar surface area (TPSA) is 29.5 Å². The number of rotatable bonds is 5. The molecule has 1 fully saturated rings. The van der Waals surface area contributed by atoms with E-state index in [2.05, 4.69) is 6.92 Å². The number of nitrogens with zero attached hydrogens (tertiary/aromatic N) is 1. The van der Waals surface area contributed by atoms with Crippen LogP contribution >= 0.6 is 0 Å². The lowest BCUT2D eigenvalue weighted by Crippen LogP contribution is -2.36. The number of hydrogen-bond donors (Lipinski definition) is 0. The number of hydrogen-bond acceptors (Lipinski definition) is 2. The van der Waals surface area contributed by atoms with E-state index in [-0.39, 0.29) is 6.09 Å². The Morgan fingerprint density at radius 3 is 2.53 bits per heavy atom. The summed E-state index contributed by atoms with van der Waals surface area (Å²) in [6, 6.07) is 0. The van der Waals surface area contributed by atoms with Gasteiger partial charge in [0.1, 0.15) is 0 Å². The molecule has 1 saturated heterocycles. The Bertz CT molecular complexity index is 176. The molecule has 1 heterocycles. The van der Waals surface area contributed by atoms with Crippen LogP contribution in [-0.2, 0) is 4.74 Å². The zero-order chi connectivity index (χ0) is 10.9. The van der Waals surface area contributed by atoms with E-state index in [9.17, 15) is 4.79 Å². The lowest BCUT2D eigenvalue weighted by Gasteiger charge is -2.25. The molecule has 0 radical (unpaired) electrons. The van der Waals surface area contributed by atoms with Crippen molar-refractivity contribution in [3.8, 4) is 0 Å². The SMILES string of the molecule is CCCCCCOC(=O)N1CCCCC1. The lowest BCUT2D eigenvalue weighted by molar-refractivity contribution is 0.0936. The van der Waals surface area contributed by atoms with Gasteiger partial charge in [-0.15, -0.1) is 0 Å². The highest BCUT2D eigenvalue weighted by Crippen LogP contribution is 2.10. The van der Waals surface area contributed by atoms with Crippen LogP contribution < -0.4 is 0 Å². The molecule has 0 spiro atoms. The predicted octanol–water partition coefficient (Wildman–Crippen LogP) is 3.19. The summed E-state index contributed by atoms with van der Waals surface area (Å²) in [5, 5.41) is 0. The Kier molecular flexibility index (Phi) is 6.21. The highest BCUT2D eigenvalue weighted by molar-refractivity contribution is 5.67. The minimum Gasteiger partial charge on any atom is -0.449 e. The van der Waals surface area contributed by atoms with Crippen molar-refractivity contribution < 1.29 is 9.53 Å². The second kappa shape index (κ2) is 7.55. The summed E-state index contributed by atoms with van der Waals surface area (Å²) in [6.45, 7) is 4.54. The van der Waals surface area contributed by atoms with Crippen LogP contribution in [0.15, 0.2) is 0 Å². The number of likely N-dealkylation sites (tertiary alicyclic amines) is 1. The predicted molar refractivity (Wildman–Crippen MR) is 60.9 cm³/mol. The van der Waals surface area contributed by atoms with E-state index in [4.69, 9.17) is 4.74 Å². The van der Waals surface area contributed by atoms with Gasteiger partial charge in [-0.3, -0.25) is 0 Å². The van der Waals surface area contributed by atoms with Gasteiger partial charge in [-0.05, 0) is 25.7 Å². The van der Waals surface area contributed by atoms with E-state index in [0.29, 0.717) is 6.61 Å². The van der Waals surface area contributed by atoms with Crippen molar-refractivity contribution in [2.45, 2.75) is 51.9 Å². The summed E-state index contributed by atoms with van der Waals surface area (Å²) in [5.74, 6) is 0. The highest BCUT2D eigenvalue weighted by Gasteiger charge is 2.16. The normalized spacial score (nSPS) is 16.5. The van der Waals surface area contributed by atoms with Crippen LogP contribution in [0.5, 0.6) is 0 Å². The maximum atomic E-state index is 11.5. The van der Waals surface area contributed by atoms with Crippen molar-refractivity contribution in [3.05, 3.63) is 0 Å². The van der Waals surface area contributed by atoms with E-state index < -0.39 is 0 Å². The van der Waals surface area contributed by atoms with Gasteiger partial charge in [-0.2, -0.15) is 0 Å². The molecule has 1 aliphatic rings. The second-order valence-electron chi connectivity index (χ2n) is 4.22. The maximum Gasteiger partial charge on any atom is 0.409 e. The van der Waals surface area contributed by atoms with Gasteiger partial charge in [0.2, 0.25) is 0 Å². The summed E-state index contributed by atoms with van der Waals surface area (Å²) in [6.07, 6.45) is 8.04. The van der Waals surface area contributed by atoms with E-state index in [0.717, 1.165) is 32.4 Å². The Morgan fingerprint density at radius 1 is 1.13 bits per heavy atom. The first-order valence-electron chi connectivity index (χ1n) is 6.26. The minimum atomic E-state index is -0.105. The Labute approximate surface area is 92.8 Å². The minimum absolute atomic E-state index is 0.105. The zero-order valence-electron chi connectivity index (χ0n) is 9.83. The molecule has 0 N–H and O–H groups in total. The van der Waals surface area contributed by atoms with Crippen molar-refractivity contribution in [1.82, 2.24) is 4.90 Å². The van der Waals surface area contributed by atoms with Crippen LogP contribution in [0, 0.1) is 0 Å². The van der Waals surface area contributed by atoms with Gasteiger partial charge in [-0.25, -0.2) is 4.79 Å². The average Bonchev–Trinajstić information content (AvgIpc) is 2.30. The van der Waals surface area contributed by atoms with Crippen molar-refractivity contribution in [2.24, 2.45) is 0 Å². The Balaban J connectivity index is 2.02. The van der Waals surface area contributed by atoms with Crippen molar-refractivity contribution in [3.63, 3.8) is 0 Å². The Morgan fingerprint density at radius 2 is 1.87 bits per heavy atom. The number of ether oxygens (including phenoxy) is 1. The molecule has 0 saturated carbocycles. The third-order valence-electron chi connectivity index (χ3n) is 2.84. The molecule has 1 aliphatic heterocycles. The van der Waals surface area contributed by atoms with Gasteiger partial charge in [0, 0.05) is 13.1 Å². The Hall–Kier alpha value is -0.730. The molecule has 1 rings (SSSR count). The molecule has 0 aliphatic carbocycles. The number of amides is 1. The summed E-state index contributed by atoms with van der Waals surface area (Å²) in [4.78, 5) is 13.4. The number of carbonyl (C=O) groups excluding carboxylic acids is 1. The summed E-state index contributed by atoms with van der Waals surface area (Å²) in [7, 11) is 0. The third-order valence-corrected chi connectivity index (χ3v) is 2.84. The van der Waals surface area contributed by atoms with Crippen molar-refractivity contribution >= 4 is 6.09 Å². The number of unbranched alkanes of at least 4 members (excludes halogenated alkanes) is 3. The molecule has 0 aromatic heterocycles. The first-order chi connectivity index (χ1) is 7.34. The molecule has 88 valence electrons. The fourth-order valence-electron chi connectivity index (χ4n) is 1.86. The first kappa shape index (κ1) is 12.3. The van der Waals surface area contributed by atoms with E-state index in [1.165, 1.54) is 25.7 Å². The summed E-state index contributed by atoms with van der Waals surface area (Å²) in [5.41, 5.74) is 0. The quantitative estimate of drug-likeness (QED) is 0.656. The molecule has 3 heteroatoms. The van der Waals surface area contributed by atoms with Crippen molar-refractivity contribution in [1.29, 1.82) is 0 Å². The lowest BCUT2D eigenvalue weighted by atomic mass is 10.1. The van der Waals surface area contributed by atoms with E-state index in [1.807, 2.05) is 4.90 Å². The van der Waals surface area contributed by atoms with Gasteiger partial charge in [0.25, 0.3) is 0 Å². The third kappa shape index (κ3) is 5.05. The monoisotopic (exact) mass is 213 g/mol. The molecule has 0 unspecified atom stereocenters. The van der Waals surface area contributed by atoms with E-state index in [1.54, 1.807) is 0 Å². The van der Waals surface area contributed by atoms with Crippen LogP contribution in [-0.4, -0.2) is 30.7 Å². The van der Waals surface area contributed by atoms with Crippen molar-refractivity contribution in [2.75, 3.05) is 19.7 Å². The standard InChI is InChI=1S/C12H23NO2/c1-2-3-4-8-11-15-12(14)13-9-6-5-7-10-13/h2-11H2,1H3. The molecular weight excluding hydrogens is 190 g/mol. The van der Waals surface area contributed by atoms with Gasteiger partial charge in [0.15, 0.2) is 0 Å². The number of carbonyl (C=O) groups is 1. The van der Waals surface area contributed by atoms with Crippen LogP contribution in [0.3, 0.4) is 0 Å². The summed E-state index contributed by atoms with van der Waals surface area (Å²) < 4.78 is 5.22. The fourth-order valence-corrected chi connectivity index (χ4v) is 1.86. The summed E-state index contributed by atoms with van der Waals surface area (Å²) >= 11 is 0. The van der Waals surface area contributed by atoms with Crippen LogP contribution in [0.25, 0.3) is 0 Å². The average molecular weight is 213 g/mol. The molecule has 0 aromatic carbocycles. The van der Waals surface area contributed by atoms with Crippen LogP contribution in [0.4, 0.5) is 4.79 Å². The van der Waals surface area contributed by atoms with Gasteiger partial charge >= 0.3 is 6.09 Å². The molecular formula is C12H23NO2.